The van der Waals surface area contributed by atoms with Crippen molar-refractivity contribution in [2.45, 2.75) is 30.3 Å². The van der Waals surface area contributed by atoms with Crippen LogP contribution in [0.3, 0.4) is 0 Å². The molecule has 1 saturated carbocycles. The average molecular weight is 268 g/mol. The number of nitrogens with zero attached hydrogens (tertiary/aromatic N) is 2. The number of nitrogen functional groups attached to an aromatic ring is 1. The fraction of sp³-hybridized carbons (Fsp3) is 0.545. The Hall–Kier alpha value is -1.18. The van der Waals surface area contributed by atoms with Crippen molar-refractivity contribution in [2.75, 3.05) is 12.0 Å². The summed E-state index contributed by atoms with van der Waals surface area (Å²) in [6.45, 7) is 0.619. The Morgan fingerprint density at radius 2 is 2.28 bits per heavy atom. The van der Waals surface area contributed by atoms with Gasteiger partial charge < -0.3 is 5.43 Å². The van der Waals surface area contributed by atoms with Gasteiger partial charge in [0.15, 0.2) is 5.03 Å². The maximum atomic E-state index is 12.6. The molecule has 2 atom stereocenters. The van der Waals surface area contributed by atoms with Gasteiger partial charge in [0.25, 0.3) is 10.0 Å². The van der Waals surface area contributed by atoms with Crippen molar-refractivity contribution in [3.63, 3.8) is 0 Å². The lowest BCUT2D eigenvalue weighted by Crippen LogP contribution is -2.38. The van der Waals surface area contributed by atoms with Crippen LogP contribution in [0.1, 0.15) is 19.3 Å². The van der Waals surface area contributed by atoms with E-state index in [1.54, 1.807) is 16.4 Å². The smallest absolute Gasteiger partial charge is 0.262 e. The Labute approximate surface area is 106 Å². The number of piperidine rings is 1. The summed E-state index contributed by atoms with van der Waals surface area (Å²) in [5.41, 5.74) is 2.75. The number of pyridine rings is 1. The number of aromatic nitrogens is 1. The third-order valence-corrected chi connectivity index (χ3v) is 5.72. The summed E-state index contributed by atoms with van der Waals surface area (Å²) in [6, 6.07) is 3.42. The predicted molar refractivity (Wildman–Crippen MR) is 67.1 cm³/mol. The number of anilines is 1. The van der Waals surface area contributed by atoms with E-state index in [0.29, 0.717) is 18.2 Å². The molecule has 0 spiro atoms. The van der Waals surface area contributed by atoms with Crippen LogP contribution in [0.15, 0.2) is 23.4 Å². The Balaban J connectivity index is 2.00. The van der Waals surface area contributed by atoms with E-state index in [1.807, 2.05) is 0 Å². The molecular formula is C11H16N4O2S. The standard InChI is InChI=1S/C11H16N4O2S/c12-14-10-2-1-5-13-11(10)18(16,17)15-7-8-3-4-9(15)6-8/h1-2,5,8-9,14H,3-4,6-7,12H2. The van der Waals surface area contributed by atoms with E-state index in [4.69, 9.17) is 5.84 Å². The van der Waals surface area contributed by atoms with Gasteiger partial charge in [0, 0.05) is 18.8 Å². The third-order valence-electron chi connectivity index (χ3n) is 3.84. The van der Waals surface area contributed by atoms with E-state index in [-0.39, 0.29) is 11.1 Å². The summed E-state index contributed by atoms with van der Waals surface area (Å²) in [4.78, 5) is 3.98. The van der Waals surface area contributed by atoms with Crippen LogP contribution in [0.2, 0.25) is 0 Å². The van der Waals surface area contributed by atoms with Crippen LogP contribution in [0.25, 0.3) is 0 Å². The highest BCUT2D eigenvalue weighted by Gasteiger charge is 2.45. The van der Waals surface area contributed by atoms with Crippen LogP contribution < -0.4 is 11.3 Å². The van der Waals surface area contributed by atoms with Gasteiger partial charge in [-0.3, -0.25) is 5.84 Å². The molecule has 3 N–H and O–H groups in total. The first-order valence-corrected chi connectivity index (χ1v) is 7.50. The SMILES string of the molecule is NNc1cccnc1S(=O)(=O)N1CC2CCC1C2. The summed E-state index contributed by atoms with van der Waals surface area (Å²) >= 11 is 0. The van der Waals surface area contributed by atoms with Gasteiger partial charge in [-0.15, -0.1) is 0 Å². The van der Waals surface area contributed by atoms with E-state index < -0.39 is 10.0 Å². The Kier molecular flexibility index (Phi) is 2.76. The molecule has 3 rings (SSSR count). The highest BCUT2D eigenvalue weighted by Crippen LogP contribution is 2.40. The molecular weight excluding hydrogens is 252 g/mol. The van der Waals surface area contributed by atoms with Gasteiger partial charge >= 0.3 is 0 Å². The van der Waals surface area contributed by atoms with Crippen molar-refractivity contribution in [2.24, 2.45) is 11.8 Å². The fourth-order valence-electron chi connectivity index (χ4n) is 2.99. The summed E-state index contributed by atoms with van der Waals surface area (Å²) in [7, 11) is -3.53. The van der Waals surface area contributed by atoms with Gasteiger partial charge in [0.05, 0.1) is 5.69 Å². The predicted octanol–water partition coefficient (Wildman–Crippen LogP) is 0.540. The second-order valence-electron chi connectivity index (χ2n) is 4.91. The molecule has 0 amide bonds. The summed E-state index contributed by atoms with van der Waals surface area (Å²) in [5.74, 6) is 5.87. The lowest BCUT2D eigenvalue weighted by Gasteiger charge is -2.26. The highest BCUT2D eigenvalue weighted by molar-refractivity contribution is 7.89. The minimum Gasteiger partial charge on any atom is -0.321 e. The molecule has 1 aromatic heterocycles. The first-order valence-electron chi connectivity index (χ1n) is 6.06. The van der Waals surface area contributed by atoms with Gasteiger partial charge in [-0.2, -0.15) is 4.31 Å². The van der Waals surface area contributed by atoms with Gasteiger partial charge in [0.2, 0.25) is 0 Å². The van der Waals surface area contributed by atoms with Gasteiger partial charge in [-0.05, 0) is 37.3 Å². The zero-order valence-corrected chi connectivity index (χ0v) is 10.7. The van der Waals surface area contributed by atoms with Crippen LogP contribution in [-0.4, -0.2) is 30.3 Å². The topological polar surface area (TPSA) is 88.3 Å². The minimum atomic E-state index is -3.53. The van der Waals surface area contributed by atoms with E-state index in [1.165, 1.54) is 6.20 Å². The van der Waals surface area contributed by atoms with Crippen LogP contribution in [-0.2, 0) is 10.0 Å². The molecule has 0 aromatic carbocycles. The number of nitrogens with one attached hydrogen (secondary N) is 1. The van der Waals surface area contributed by atoms with Crippen molar-refractivity contribution in [1.29, 1.82) is 0 Å². The number of hydrogen-bond donors (Lipinski definition) is 2. The molecule has 1 aromatic rings. The number of hydrazine groups is 1. The highest BCUT2D eigenvalue weighted by atomic mass is 32.2. The Morgan fingerprint density at radius 1 is 1.44 bits per heavy atom. The van der Waals surface area contributed by atoms with Crippen molar-refractivity contribution in [3.05, 3.63) is 18.3 Å². The summed E-state index contributed by atoms with van der Waals surface area (Å²) in [5, 5.41) is 0.0278. The maximum absolute atomic E-state index is 12.6. The van der Waals surface area contributed by atoms with Gasteiger partial charge in [-0.25, -0.2) is 13.4 Å². The molecule has 6 nitrogen and oxygen atoms in total. The quantitative estimate of drug-likeness (QED) is 0.617. The lowest BCUT2D eigenvalue weighted by atomic mass is 10.1. The summed E-state index contributed by atoms with van der Waals surface area (Å²) in [6.07, 6.45) is 4.56. The largest absolute Gasteiger partial charge is 0.321 e. The van der Waals surface area contributed by atoms with Crippen LogP contribution >= 0.6 is 0 Å². The first-order chi connectivity index (χ1) is 8.63. The maximum Gasteiger partial charge on any atom is 0.262 e. The monoisotopic (exact) mass is 268 g/mol. The molecule has 1 saturated heterocycles. The molecule has 1 aliphatic carbocycles. The molecule has 2 aliphatic rings. The Morgan fingerprint density at radius 3 is 2.89 bits per heavy atom. The van der Waals surface area contributed by atoms with Crippen LogP contribution in [0.4, 0.5) is 5.69 Å². The number of nitrogens with two attached hydrogens (primary N) is 1. The van der Waals surface area contributed by atoms with Crippen LogP contribution in [0.5, 0.6) is 0 Å². The van der Waals surface area contributed by atoms with E-state index in [0.717, 1.165) is 19.3 Å². The molecule has 0 radical (unpaired) electrons. The van der Waals surface area contributed by atoms with Crippen molar-refractivity contribution >= 4 is 15.7 Å². The van der Waals surface area contributed by atoms with E-state index >= 15 is 0 Å². The molecule has 18 heavy (non-hydrogen) atoms. The number of fused-ring (bicyclic) bond motifs is 2. The Bertz CT molecular complexity index is 560. The normalized spacial score (nSPS) is 27.6. The molecule has 7 heteroatoms. The zero-order chi connectivity index (χ0) is 12.8. The molecule has 2 heterocycles. The van der Waals surface area contributed by atoms with Crippen molar-refractivity contribution < 1.29 is 8.42 Å². The first kappa shape index (κ1) is 11.9. The summed E-state index contributed by atoms with van der Waals surface area (Å²) < 4.78 is 26.7. The lowest BCUT2D eigenvalue weighted by molar-refractivity contribution is 0.332. The average Bonchev–Trinajstić information content (AvgIpc) is 3.01. The van der Waals surface area contributed by atoms with Gasteiger partial charge in [-0.1, -0.05) is 0 Å². The fourth-order valence-corrected chi connectivity index (χ4v) is 4.80. The van der Waals surface area contributed by atoms with Crippen molar-refractivity contribution in [3.8, 4) is 0 Å². The number of sulfonamides is 1. The van der Waals surface area contributed by atoms with E-state index in [2.05, 4.69) is 10.4 Å². The van der Waals surface area contributed by atoms with Gasteiger partial charge in [0.1, 0.15) is 0 Å². The van der Waals surface area contributed by atoms with Crippen molar-refractivity contribution in [1.82, 2.24) is 9.29 Å². The third kappa shape index (κ3) is 1.70. The molecule has 1 aliphatic heterocycles. The number of hydrogen-bond acceptors (Lipinski definition) is 5. The zero-order valence-electron chi connectivity index (χ0n) is 9.91. The minimum absolute atomic E-state index is 0.0278. The molecule has 98 valence electrons. The molecule has 2 bridgehead atoms. The second-order valence-corrected chi connectivity index (χ2v) is 6.71. The number of rotatable bonds is 3. The van der Waals surface area contributed by atoms with E-state index in [9.17, 15) is 8.42 Å². The molecule has 2 unspecified atom stereocenters. The van der Waals surface area contributed by atoms with Crippen LogP contribution in [0, 0.1) is 5.92 Å². The molecule has 2 fully saturated rings. The second kappa shape index (κ2) is 4.18.